The average Bonchev–Trinajstić information content (AvgIpc) is 2.65. The molecular weight excluding hydrogens is 244 g/mol. The van der Waals surface area contributed by atoms with E-state index < -0.39 is 0 Å². The maximum absolute atomic E-state index is 3.48. The lowest BCUT2D eigenvalue weighted by Crippen LogP contribution is -2.39. The highest BCUT2D eigenvalue weighted by Crippen LogP contribution is 2.37. The van der Waals surface area contributed by atoms with Crippen LogP contribution in [0.5, 0.6) is 0 Å². The second-order valence-corrected chi connectivity index (χ2v) is 8.36. The van der Waals surface area contributed by atoms with Gasteiger partial charge in [-0.05, 0) is 75.9 Å². The molecule has 1 heterocycles. The molecule has 118 valence electrons. The van der Waals surface area contributed by atoms with Gasteiger partial charge in [0.25, 0.3) is 0 Å². The van der Waals surface area contributed by atoms with Gasteiger partial charge in [0, 0.05) is 12.6 Å². The molecule has 0 aromatic rings. The summed E-state index contributed by atoms with van der Waals surface area (Å²) in [5.74, 6) is 1.86. The molecule has 1 aliphatic carbocycles. The van der Waals surface area contributed by atoms with Gasteiger partial charge in [0.15, 0.2) is 0 Å². The number of hydrogen-bond acceptors (Lipinski definition) is 2. The summed E-state index contributed by atoms with van der Waals surface area (Å²) in [5.41, 5.74) is 0.502. The van der Waals surface area contributed by atoms with Gasteiger partial charge in [-0.25, -0.2) is 0 Å². The first-order valence-electron chi connectivity index (χ1n) is 8.88. The number of rotatable bonds is 3. The molecule has 2 rings (SSSR count). The van der Waals surface area contributed by atoms with E-state index in [9.17, 15) is 0 Å². The summed E-state index contributed by atoms with van der Waals surface area (Å²) >= 11 is 0. The molecule has 0 radical (unpaired) electrons. The first-order chi connectivity index (χ1) is 9.47. The summed E-state index contributed by atoms with van der Waals surface area (Å²) < 4.78 is 0. The van der Waals surface area contributed by atoms with Crippen LogP contribution >= 0.6 is 0 Å². The number of hydrogen-bond donors (Lipinski definition) is 1. The third-order valence-corrected chi connectivity index (χ3v) is 5.79. The smallest absolute Gasteiger partial charge is 0.00924 e. The van der Waals surface area contributed by atoms with Crippen LogP contribution in [0.15, 0.2) is 0 Å². The minimum Gasteiger partial charge on any atom is -0.317 e. The van der Waals surface area contributed by atoms with Crippen molar-refractivity contribution in [2.45, 2.75) is 71.8 Å². The Morgan fingerprint density at radius 2 is 1.65 bits per heavy atom. The first-order valence-corrected chi connectivity index (χ1v) is 8.88. The van der Waals surface area contributed by atoms with Crippen LogP contribution < -0.4 is 5.32 Å². The third-order valence-electron chi connectivity index (χ3n) is 5.79. The highest BCUT2D eigenvalue weighted by atomic mass is 15.1. The van der Waals surface area contributed by atoms with Gasteiger partial charge in [0.1, 0.15) is 0 Å². The average molecular weight is 281 g/mol. The Kier molecular flexibility index (Phi) is 5.92. The summed E-state index contributed by atoms with van der Waals surface area (Å²) in [6, 6.07) is 0.845. The molecule has 0 amide bonds. The Morgan fingerprint density at radius 3 is 2.30 bits per heavy atom. The van der Waals surface area contributed by atoms with Crippen LogP contribution in [0.2, 0.25) is 0 Å². The zero-order chi connectivity index (χ0) is 14.6. The van der Waals surface area contributed by atoms with Crippen molar-refractivity contribution in [1.29, 1.82) is 0 Å². The molecule has 1 aliphatic heterocycles. The quantitative estimate of drug-likeness (QED) is 0.788. The van der Waals surface area contributed by atoms with Gasteiger partial charge in [-0.15, -0.1) is 0 Å². The fourth-order valence-electron chi connectivity index (χ4n) is 4.21. The van der Waals surface area contributed by atoms with E-state index in [1.807, 2.05) is 0 Å². The normalized spacial score (nSPS) is 30.4. The molecule has 2 nitrogen and oxygen atoms in total. The molecule has 2 heteroatoms. The summed E-state index contributed by atoms with van der Waals surface area (Å²) in [4.78, 5) is 2.70. The zero-order valence-corrected chi connectivity index (χ0v) is 14.3. The highest BCUT2D eigenvalue weighted by Gasteiger charge is 2.29. The Morgan fingerprint density at radius 1 is 0.950 bits per heavy atom. The van der Waals surface area contributed by atoms with Crippen molar-refractivity contribution in [2.24, 2.45) is 17.3 Å². The molecule has 20 heavy (non-hydrogen) atoms. The molecule has 1 saturated heterocycles. The lowest BCUT2D eigenvalue weighted by molar-refractivity contribution is 0.165. The van der Waals surface area contributed by atoms with Crippen molar-refractivity contribution in [1.82, 2.24) is 10.2 Å². The summed E-state index contributed by atoms with van der Waals surface area (Å²) in [5, 5.41) is 3.48. The van der Waals surface area contributed by atoms with Gasteiger partial charge in [-0.3, -0.25) is 0 Å². The minimum absolute atomic E-state index is 0.502. The maximum atomic E-state index is 3.48. The molecular formula is C18H36N2. The Labute approximate surface area is 126 Å². The molecule has 0 bridgehead atoms. The molecule has 2 unspecified atom stereocenters. The van der Waals surface area contributed by atoms with Crippen molar-refractivity contribution in [3.05, 3.63) is 0 Å². The topological polar surface area (TPSA) is 15.3 Å². The van der Waals surface area contributed by atoms with E-state index in [-0.39, 0.29) is 0 Å². The molecule has 0 aromatic heterocycles. The first kappa shape index (κ1) is 16.3. The monoisotopic (exact) mass is 280 g/mol. The number of piperidine rings is 1. The predicted octanol–water partition coefficient (Wildman–Crippen LogP) is 3.91. The van der Waals surface area contributed by atoms with Crippen molar-refractivity contribution >= 4 is 0 Å². The van der Waals surface area contributed by atoms with Gasteiger partial charge in [-0.1, -0.05) is 27.2 Å². The zero-order valence-electron chi connectivity index (χ0n) is 14.3. The molecule has 0 spiro atoms. The van der Waals surface area contributed by atoms with Crippen molar-refractivity contribution < 1.29 is 0 Å². The van der Waals surface area contributed by atoms with Gasteiger partial charge in [-0.2, -0.15) is 0 Å². The van der Waals surface area contributed by atoms with E-state index in [0.717, 1.165) is 17.9 Å². The Bertz CT molecular complexity index is 276. The summed E-state index contributed by atoms with van der Waals surface area (Å²) in [6.45, 7) is 11.1. The minimum atomic E-state index is 0.502. The van der Waals surface area contributed by atoms with Gasteiger partial charge in [0.2, 0.25) is 0 Å². The van der Waals surface area contributed by atoms with Crippen LogP contribution in [0.25, 0.3) is 0 Å². The van der Waals surface area contributed by atoms with Crippen LogP contribution in [0.4, 0.5) is 0 Å². The van der Waals surface area contributed by atoms with Crippen molar-refractivity contribution in [3.8, 4) is 0 Å². The molecule has 2 fully saturated rings. The predicted molar refractivity (Wildman–Crippen MR) is 88.0 cm³/mol. The van der Waals surface area contributed by atoms with Crippen LogP contribution in [0.3, 0.4) is 0 Å². The van der Waals surface area contributed by atoms with Crippen LogP contribution in [0.1, 0.15) is 65.7 Å². The van der Waals surface area contributed by atoms with Crippen LogP contribution in [-0.4, -0.2) is 37.6 Å². The molecule has 0 aromatic carbocycles. The molecule has 1 N–H and O–H groups in total. The van der Waals surface area contributed by atoms with Crippen molar-refractivity contribution in [2.75, 3.05) is 26.7 Å². The third kappa shape index (κ3) is 4.73. The number of nitrogens with one attached hydrogen (secondary N) is 1. The van der Waals surface area contributed by atoms with Gasteiger partial charge in [0.05, 0.1) is 0 Å². The van der Waals surface area contributed by atoms with E-state index in [2.05, 4.69) is 38.0 Å². The fourth-order valence-corrected chi connectivity index (χ4v) is 4.21. The second-order valence-electron chi connectivity index (χ2n) is 8.36. The van der Waals surface area contributed by atoms with Gasteiger partial charge < -0.3 is 10.2 Å². The van der Waals surface area contributed by atoms with E-state index in [1.54, 1.807) is 0 Å². The maximum Gasteiger partial charge on any atom is 0.00924 e. The van der Waals surface area contributed by atoms with Crippen molar-refractivity contribution in [3.63, 3.8) is 0 Å². The van der Waals surface area contributed by atoms with E-state index in [0.29, 0.717) is 5.41 Å². The molecule has 2 aliphatic rings. The molecule has 2 atom stereocenters. The Hall–Kier alpha value is -0.0800. The number of nitrogens with zero attached hydrogens (tertiary/aromatic N) is 1. The van der Waals surface area contributed by atoms with E-state index in [4.69, 9.17) is 0 Å². The van der Waals surface area contributed by atoms with Gasteiger partial charge >= 0.3 is 0 Å². The lowest BCUT2D eigenvalue weighted by atomic mass is 9.76. The van der Waals surface area contributed by atoms with E-state index >= 15 is 0 Å². The molecule has 1 saturated carbocycles. The standard InChI is InChI=1S/C18H36N2/c1-18(2,3)16-6-5-7-17(9-8-16)20(4)14-15-10-12-19-13-11-15/h15-17,19H,5-14H2,1-4H3. The van der Waals surface area contributed by atoms with Crippen LogP contribution in [-0.2, 0) is 0 Å². The summed E-state index contributed by atoms with van der Waals surface area (Å²) in [6.07, 6.45) is 9.91. The fraction of sp³-hybridized carbons (Fsp3) is 1.00. The van der Waals surface area contributed by atoms with Crippen LogP contribution in [0, 0.1) is 17.3 Å². The Balaban J connectivity index is 1.80. The SMILES string of the molecule is CN(CC1CCNCC1)C1CCCC(C(C)(C)C)CC1. The lowest BCUT2D eigenvalue weighted by Gasteiger charge is -2.33. The second kappa shape index (κ2) is 7.26. The summed E-state index contributed by atoms with van der Waals surface area (Å²) in [7, 11) is 2.38. The largest absolute Gasteiger partial charge is 0.317 e. The van der Waals surface area contributed by atoms with E-state index in [1.165, 1.54) is 64.6 Å². The highest BCUT2D eigenvalue weighted by molar-refractivity contribution is 4.83.